The van der Waals surface area contributed by atoms with Gasteiger partial charge in [0.25, 0.3) is 0 Å². The minimum atomic E-state index is -1.26. The zero-order valence-electron chi connectivity index (χ0n) is 24.9. The van der Waals surface area contributed by atoms with Gasteiger partial charge in [0, 0.05) is 51.5 Å². The van der Waals surface area contributed by atoms with Crippen molar-refractivity contribution in [2.24, 2.45) is 16.8 Å². The second-order valence-corrected chi connectivity index (χ2v) is 14.1. The molecule has 3 aromatic heterocycles. The summed E-state index contributed by atoms with van der Waals surface area (Å²) in [5.41, 5.74) is 12.6. The van der Waals surface area contributed by atoms with Gasteiger partial charge in [-0.1, -0.05) is 39.7 Å². The summed E-state index contributed by atoms with van der Waals surface area (Å²) in [5, 5.41) is 22.1. The van der Waals surface area contributed by atoms with Gasteiger partial charge < -0.3 is 26.0 Å². The number of nitrogens with zero attached hydrogens (tertiary/aromatic N) is 5. The highest BCUT2D eigenvalue weighted by molar-refractivity contribution is 8.00. The lowest BCUT2D eigenvalue weighted by molar-refractivity contribution is -0.687. The first kappa shape index (κ1) is 33.4. The van der Waals surface area contributed by atoms with Gasteiger partial charge in [-0.2, -0.15) is 4.57 Å². The zero-order valence-corrected chi connectivity index (χ0v) is 28.1. The number of Topliss-reactive ketones (excluding diaryl/α,β-unsaturated/α-hetero) is 1. The monoisotopic (exact) mass is 731 g/mol. The SMILES string of the molecule is CO/N=C(\C(=O)C[C@@H]1C(=O)N2C(C(=O)O)=C(C[n+]3ccc4ccn(Cc5c(F)cc(C(=N)N)cc5Cl)c4c3)CS[C@H]12)c1nc(N)sc1Cl. The van der Waals surface area contributed by atoms with Gasteiger partial charge in [0.2, 0.25) is 5.91 Å². The molecule has 13 nitrogen and oxygen atoms in total. The van der Waals surface area contributed by atoms with Crippen molar-refractivity contribution in [2.75, 3.05) is 18.6 Å². The molecule has 48 heavy (non-hydrogen) atoms. The highest BCUT2D eigenvalue weighted by Crippen LogP contribution is 2.45. The van der Waals surface area contributed by atoms with E-state index in [0.717, 1.165) is 22.2 Å². The Kier molecular flexibility index (Phi) is 9.17. The van der Waals surface area contributed by atoms with Gasteiger partial charge in [-0.3, -0.25) is 19.9 Å². The fourth-order valence-electron chi connectivity index (χ4n) is 5.72. The average Bonchev–Trinajstić information content (AvgIpc) is 3.60. The lowest BCUT2D eigenvalue weighted by Gasteiger charge is -2.49. The molecule has 0 spiro atoms. The van der Waals surface area contributed by atoms with Gasteiger partial charge in [-0.15, -0.1) is 11.8 Å². The Morgan fingerprint density at radius 1 is 1.31 bits per heavy atom. The molecule has 0 aliphatic carbocycles. The molecule has 5 heterocycles. The molecule has 2 aliphatic rings. The minimum Gasteiger partial charge on any atom is -0.477 e. The van der Waals surface area contributed by atoms with Crippen molar-refractivity contribution in [2.45, 2.75) is 24.9 Å². The molecule has 1 fully saturated rings. The highest BCUT2D eigenvalue weighted by atomic mass is 35.5. The summed E-state index contributed by atoms with van der Waals surface area (Å²) in [6.07, 6.45) is 5.13. The van der Waals surface area contributed by atoms with Crippen LogP contribution in [-0.4, -0.2) is 67.0 Å². The number of oxime groups is 1. The predicted octanol–water partition coefficient (Wildman–Crippen LogP) is 3.63. The lowest BCUT2D eigenvalue weighted by Crippen LogP contribution is -2.62. The number of hydrogen-bond donors (Lipinski definition) is 4. The molecule has 1 amide bonds. The van der Waals surface area contributed by atoms with Crippen LogP contribution in [0.1, 0.15) is 23.2 Å². The van der Waals surface area contributed by atoms with Crippen molar-refractivity contribution in [3.63, 3.8) is 0 Å². The average molecular weight is 733 g/mol. The molecule has 0 bridgehead atoms. The molecular weight excluding hydrogens is 706 g/mol. The molecule has 6 rings (SSSR count). The van der Waals surface area contributed by atoms with Gasteiger partial charge in [0.15, 0.2) is 35.6 Å². The van der Waals surface area contributed by atoms with Crippen LogP contribution in [0.15, 0.2) is 59.3 Å². The number of anilines is 1. The second-order valence-electron chi connectivity index (χ2n) is 10.9. The number of halogens is 3. The number of ketones is 1. The maximum absolute atomic E-state index is 14.9. The number of carboxylic acid groups (broad SMARTS) is 1. The minimum absolute atomic E-state index is 0.0543. The topological polar surface area (TPSA) is 194 Å². The summed E-state index contributed by atoms with van der Waals surface area (Å²) in [6.45, 7) is 0.255. The van der Waals surface area contributed by atoms with E-state index in [2.05, 4.69) is 10.1 Å². The van der Waals surface area contributed by atoms with Crippen molar-refractivity contribution in [1.82, 2.24) is 14.5 Å². The van der Waals surface area contributed by atoms with Crippen molar-refractivity contribution in [3.8, 4) is 0 Å². The van der Waals surface area contributed by atoms with Crippen LogP contribution in [0.5, 0.6) is 0 Å². The summed E-state index contributed by atoms with van der Waals surface area (Å²) in [7, 11) is 1.26. The molecule has 0 radical (unpaired) electrons. The van der Waals surface area contributed by atoms with Gasteiger partial charge in [-0.25, -0.2) is 14.2 Å². The number of aliphatic carboxylic acids is 1. The van der Waals surface area contributed by atoms with E-state index in [0.29, 0.717) is 11.3 Å². The fourth-order valence-corrected chi connectivity index (χ4v) is 8.32. The molecule has 0 saturated carbocycles. The Hall–Kier alpha value is -4.51. The predicted molar refractivity (Wildman–Crippen MR) is 180 cm³/mol. The number of rotatable bonds is 11. The molecule has 2 atom stereocenters. The number of carboxylic acids is 1. The molecular formula is C30H26Cl2FN8O5S2+. The van der Waals surface area contributed by atoms with E-state index in [1.807, 2.05) is 12.1 Å². The number of nitrogens with two attached hydrogens (primary N) is 2. The van der Waals surface area contributed by atoms with Crippen LogP contribution in [0.3, 0.4) is 0 Å². The molecule has 1 aromatic carbocycles. The van der Waals surface area contributed by atoms with Crippen molar-refractivity contribution in [3.05, 3.63) is 86.1 Å². The number of aromatic nitrogens is 3. The number of carbonyl (C=O) groups is 3. The molecule has 1 saturated heterocycles. The van der Waals surface area contributed by atoms with Crippen LogP contribution < -0.4 is 16.0 Å². The molecule has 248 valence electrons. The molecule has 18 heteroatoms. The fraction of sp³-hybridized carbons (Fsp3) is 0.233. The number of carbonyl (C=O) groups excluding carboxylic acids is 2. The standard InChI is InChI=1S/C30H25Cl2FN8O5S2/c1-46-38-22(23-25(32)48-30(36)37-23)21(42)8-16-27(43)41-24(29(44)45)15(12-47-28(16)41)9-39-4-2-13-3-5-40(20(13)11-39)10-17-18(31)6-14(26(34)35)7-19(17)33/h2-7,11,16,28H,8-10,12H2,1H3,(H5-,34,35,36,37,44,45)/p+1/b38-22+/t16-,28-/m1/s1. The van der Waals surface area contributed by atoms with Gasteiger partial charge in [0.1, 0.15) is 40.0 Å². The maximum atomic E-state index is 14.9. The molecule has 2 aliphatic heterocycles. The number of β-lactam (4-membered cyclic amide) rings is 1. The van der Waals surface area contributed by atoms with Crippen LogP contribution in [0.2, 0.25) is 9.36 Å². The largest absolute Gasteiger partial charge is 0.477 e. The van der Waals surface area contributed by atoms with E-state index in [4.69, 9.17) is 44.9 Å². The highest BCUT2D eigenvalue weighted by Gasteiger charge is 2.54. The van der Waals surface area contributed by atoms with Crippen molar-refractivity contribution < 1.29 is 33.3 Å². The molecule has 0 unspecified atom stereocenters. The lowest BCUT2D eigenvalue weighted by atomic mass is 9.89. The summed E-state index contributed by atoms with van der Waals surface area (Å²) in [4.78, 5) is 49.2. The van der Waals surface area contributed by atoms with E-state index in [1.54, 1.807) is 27.7 Å². The van der Waals surface area contributed by atoms with Gasteiger partial charge in [0.05, 0.1) is 17.8 Å². The Labute approximate surface area is 290 Å². The summed E-state index contributed by atoms with van der Waals surface area (Å²) in [6, 6.07) is 6.32. The maximum Gasteiger partial charge on any atom is 0.352 e. The van der Waals surface area contributed by atoms with Gasteiger partial charge in [-0.05, 0) is 18.2 Å². The Bertz CT molecular complexity index is 2070. The normalized spacial score (nSPS) is 17.8. The zero-order chi connectivity index (χ0) is 34.4. The van der Waals surface area contributed by atoms with E-state index in [1.165, 1.54) is 35.9 Å². The number of hydrogen-bond acceptors (Lipinski definition) is 10. The van der Waals surface area contributed by atoms with Crippen LogP contribution >= 0.6 is 46.3 Å². The number of amides is 1. The number of benzene rings is 1. The third-order valence-corrected chi connectivity index (χ3v) is 10.8. The summed E-state index contributed by atoms with van der Waals surface area (Å²) in [5.74, 6) is -3.69. The third-order valence-electron chi connectivity index (χ3n) is 7.97. The van der Waals surface area contributed by atoms with Crippen LogP contribution in [0.25, 0.3) is 10.9 Å². The Morgan fingerprint density at radius 2 is 2.08 bits per heavy atom. The van der Waals surface area contributed by atoms with Gasteiger partial charge >= 0.3 is 5.97 Å². The third kappa shape index (κ3) is 6.11. The number of nitrogens with one attached hydrogen (secondary N) is 1. The Balaban J connectivity index is 1.23. The van der Waals surface area contributed by atoms with Crippen LogP contribution in [-0.2, 0) is 32.3 Å². The molecule has 4 aromatic rings. The summed E-state index contributed by atoms with van der Waals surface area (Å²) >= 11 is 14.9. The number of fused-ring (bicyclic) bond motifs is 2. The van der Waals surface area contributed by atoms with E-state index < -0.39 is 34.8 Å². The Morgan fingerprint density at radius 3 is 2.73 bits per heavy atom. The van der Waals surface area contributed by atoms with E-state index in [-0.39, 0.29) is 68.1 Å². The van der Waals surface area contributed by atoms with Crippen molar-refractivity contribution >= 4 is 91.5 Å². The first-order valence-electron chi connectivity index (χ1n) is 14.1. The number of thiazole rings is 1. The first-order chi connectivity index (χ1) is 22.9. The van der Waals surface area contributed by atoms with Crippen LogP contribution in [0.4, 0.5) is 9.52 Å². The second kappa shape index (κ2) is 13.2. The first-order valence-corrected chi connectivity index (χ1v) is 16.8. The summed E-state index contributed by atoms with van der Waals surface area (Å²) < 4.78 is 18.7. The number of amidine groups is 1. The van der Waals surface area contributed by atoms with Crippen molar-refractivity contribution in [1.29, 1.82) is 5.41 Å². The number of nitrogen functional groups attached to an aromatic ring is 2. The van der Waals surface area contributed by atoms with E-state index >= 15 is 0 Å². The van der Waals surface area contributed by atoms with E-state index in [9.17, 15) is 23.9 Å². The smallest absolute Gasteiger partial charge is 0.352 e. The van der Waals surface area contributed by atoms with Crippen LogP contribution in [0, 0.1) is 17.1 Å². The molecule has 6 N–H and O–H groups in total. The number of thioether (sulfide) groups is 1. The quantitative estimate of drug-likeness (QED) is 0.0586. The number of pyridine rings is 1.